The molecule has 0 aromatic carbocycles. The van der Waals surface area contributed by atoms with E-state index < -0.39 is 63.3 Å². The van der Waals surface area contributed by atoms with Crippen LogP contribution in [-0.4, -0.2) is 38.5 Å². The molecule has 0 aliphatic heterocycles. The average Bonchev–Trinajstić information content (AvgIpc) is 3.18. The maximum Gasteiger partial charge on any atom is 0.347 e. The Kier molecular flexibility index (Phi) is 2.75. The van der Waals surface area contributed by atoms with Crippen molar-refractivity contribution in [1.29, 1.82) is 0 Å². The van der Waals surface area contributed by atoms with Gasteiger partial charge in [-0.2, -0.15) is 0 Å². The minimum atomic E-state index is -4.69. The number of carbonyl (C=O) groups is 1. The van der Waals surface area contributed by atoms with Gasteiger partial charge < -0.3 is 14.4 Å². The van der Waals surface area contributed by atoms with Gasteiger partial charge in [0, 0.05) is 20.9 Å². The molecule has 0 aliphatic carbocycles. The van der Waals surface area contributed by atoms with Crippen molar-refractivity contribution in [2.24, 2.45) is 0 Å². The molecule has 0 spiro atoms. The first-order valence-corrected chi connectivity index (χ1v) is 7.88. The third-order valence-corrected chi connectivity index (χ3v) is 5.32. The first kappa shape index (κ1) is 9.98. The highest BCUT2D eigenvalue weighted by Crippen LogP contribution is 2.31. The number of aryl methyl sites for hydroxylation is 1. The summed E-state index contributed by atoms with van der Waals surface area (Å²) in [6.07, 6.45) is 0. The second-order valence-electron chi connectivity index (χ2n) is 3.90. The molecule has 2 rings (SSSR count). The van der Waals surface area contributed by atoms with E-state index in [1.807, 2.05) is 0 Å². The highest BCUT2D eigenvalue weighted by Gasteiger charge is 2.33. The lowest BCUT2D eigenvalue weighted by Crippen LogP contribution is -2.33. The zero-order chi connectivity index (χ0) is 21.5. The molecule has 0 saturated carbocycles. The predicted molar refractivity (Wildman–Crippen MR) is 78.8 cm³/mol. The number of carboxylic acids is 1. The van der Waals surface area contributed by atoms with Gasteiger partial charge in [-0.05, 0) is 25.2 Å². The molecule has 2 heterocycles. The van der Waals surface area contributed by atoms with Crippen molar-refractivity contribution >= 4 is 33.2 Å². The van der Waals surface area contributed by atoms with E-state index in [2.05, 4.69) is 5.16 Å². The highest BCUT2D eigenvalue weighted by atomic mass is 32.2. The van der Waals surface area contributed by atoms with E-state index in [1.54, 1.807) is 0 Å². The van der Waals surface area contributed by atoms with Crippen molar-refractivity contribution in [3.8, 4) is 0 Å². The number of aromatic nitrogens is 1. The van der Waals surface area contributed by atoms with Crippen LogP contribution < -0.4 is 4.31 Å². The number of methoxy groups -OCH3 is 1. The van der Waals surface area contributed by atoms with Crippen LogP contribution in [-0.2, 0) is 14.8 Å². The predicted octanol–water partition coefficient (Wildman–Crippen LogP) is 1.85. The minimum absolute atomic E-state index is 0.325. The number of ether oxygens (including phenoxy) is 1. The number of sulfonamides is 1. The number of thiophene rings is 1. The summed E-state index contributed by atoms with van der Waals surface area (Å²) in [6, 6.07) is 1.02. The van der Waals surface area contributed by atoms with Gasteiger partial charge in [-0.3, -0.25) is 0 Å². The fourth-order valence-corrected chi connectivity index (χ4v) is 4.14. The smallest absolute Gasteiger partial charge is 0.347 e. The van der Waals surface area contributed by atoms with E-state index in [0.717, 1.165) is 13.2 Å². The van der Waals surface area contributed by atoms with Crippen LogP contribution in [0.3, 0.4) is 0 Å². The molecule has 0 fully saturated rings. The molecular formula is C12H14N2O6S2. The van der Waals surface area contributed by atoms with Gasteiger partial charge in [0.1, 0.15) is 16.5 Å². The molecule has 0 amide bonds. The lowest BCUT2D eigenvalue weighted by molar-refractivity contribution is 0.0698. The van der Waals surface area contributed by atoms with Crippen LogP contribution in [0.15, 0.2) is 20.9 Å². The van der Waals surface area contributed by atoms with Crippen LogP contribution in [0.5, 0.6) is 0 Å². The maximum atomic E-state index is 13.0. The second kappa shape index (κ2) is 6.07. The molecule has 8 nitrogen and oxygen atoms in total. The number of aromatic carboxylic acids is 1. The SMILES string of the molecule is [2H]C([2H])([2H])c1noc(N(COC)S(=O)(=O)c2ccsc2C(=O)O)c1C([2H])([2H])[2H]. The number of anilines is 1. The molecule has 0 bridgehead atoms. The minimum Gasteiger partial charge on any atom is -0.477 e. The molecule has 0 saturated heterocycles. The second-order valence-corrected chi connectivity index (χ2v) is 6.65. The van der Waals surface area contributed by atoms with E-state index >= 15 is 0 Å². The zero-order valence-electron chi connectivity index (χ0n) is 17.1. The maximum absolute atomic E-state index is 13.0. The van der Waals surface area contributed by atoms with Gasteiger partial charge in [0.05, 0.1) is 5.69 Å². The monoisotopic (exact) mass is 352 g/mol. The lowest BCUT2D eigenvalue weighted by Gasteiger charge is -2.20. The number of nitrogens with zero attached hydrogens (tertiary/aromatic N) is 2. The average molecular weight is 352 g/mol. The summed E-state index contributed by atoms with van der Waals surface area (Å²) in [7, 11) is -3.59. The topological polar surface area (TPSA) is 110 Å². The van der Waals surface area contributed by atoms with E-state index in [4.69, 9.17) is 17.5 Å². The Hall–Kier alpha value is -1.91. The quantitative estimate of drug-likeness (QED) is 0.790. The fourth-order valence-electron chi connectivity index (χ4n) is 1.58. The van der Waals surface area contributed by atoms with Gasteiger partial charge in [-0.15, -0.1) is 11.3 Å². The number of hydrogen-bond acceptors (Lipinski definition) is 7. The van der Waals surface area contributed by atoms with E-state index in [1.165, 1.54) is 5.38 Å². The highest BCUT2D eigenvalue weighted by molar-refractivity contribution is 7.93. The largest absolute Gasteiger partial charge is 0.477 e. The fraction of sp³-hybridized carbons (Fsp3) is 0.333. The van der Waals surface area contributed by atoms with Crippen LogP contribution in [0.1, 0.15) is 29.2 Å². The Morgan fingerprint density at radius 3 is 2.95 bits per heavy atom. The summed E-state index contributed by atoms with van der Waals surface area (Å²) in [5.41, 5.74) is -1.86. The first-order valence-electron chi connectivity index (χ1n) is 8.56. The number of rotatable bonds is 6. The zero-order valence-corrected chi connectivity index (χ0v) is 12.7. The molecule has 0 aliphatic rings. The third-order valence-electron chi connectivity index (χ3n) is 2.54. The molecule has 0 unspecified atom stereocenters. The summed E-state index contributed by atoms with van der Waals surface area (Å²) >= 11 is 0.641. The Morgan fingerprint density at radius 2 is 2.36 bits per heavy atom. The third kappa shape index (κ3) is 2.72. The Labute approximate surface area is 139 Å². The van der Waals surface area contributed by atoms with Gasteiger partial charge in [-0.1, -0.05) is 5.16 Å². The van der Waals surface area contributed by atoms with E-state index in [9.17, 15) is 18.3 Å². The van der Waals surface area contributed by atoms with Gasteiger partial charge >= 0.3 is 5.97 Å². The molecule has 10 heteroatoms. The van der Waals surface area contributed by atoms with Crippen LogP contribution in [0, 0.1) is 13.7 Å². The molecule has 1 N–H and O–H groups in total. The molecule has 22 heavy (non-hydrogen) atoms. The Morgan fingerprint density at radius 1 is 1.59 bits per heavy atom. The van der Waals surface area contributed by atoms with Crippen molar-refractivity contribution in [3.05, 3.63) is 27.6 Å². The molecule has 120 valence electrons. The van der Waals surface area contributed by atoms with E-state index in [0.29, 0.717) is 15.6 Å². The van der Waals surface area contributed by atoms with Crippen LogP contribution in [0.25, 0.3) is 0 Å². The lowest BCUT2D eigenvalue weighted by atomic mass is 10.3. The van der Waals surface area contributed by atoms with Crippen LogP contribution in [0.2, 0.25) is 0 Å². The van der Waals surface area contributed by atoms with Crippen molar-refractivity contribution < 1.29 is 35.8 Å². The van der Waals surface area contributed by atoms with Crippen molar-refractivity contribution in [2.75, 3.05) is 18.1 Å². The molecular weight excluding hydrogens is 332 g/mol. The van der Waals surface area contributed by atoms with Gasteiger partial charge in [0.25, 0.3) is 10.0 Å². The standard InChI is InChI=1S/C12H14N2O6S2/c1-7-8(2)13-20-11(7)14(6-19-3)22(17,18)9-4-5-21-10(9)12(15)16/h4-5H,6H2,1-3H3,(H,15,16)/i1D3,2D3. The van der Waals surface area contributed by atoms with Gasteiger partial charge in [0.2, 0.25) is 5.88 Å². The molecule has 2 aromatic heterocycles. The normalized spacial score (nSPS) is 16.8. The van der Waals surface area contributed by atoms with Crippen LogP contribution >= 0.6 is 11.3 Å². The van der Waals surface area contributed by atoms with Crippen LogP contribution in [0.4, 0.5) is 5.88 Å². The number of carboxylic acid groups (broad SMARTS) is 1. The summed E-state index contributed by atoms with van der Waals surface area (Å²) in [5.74, 6) is -2.40. The van der Waals surface area contributed by atoms with Gasteiger partial charge in [0.15, 0.2) is 0 Å². The van der Waals surface area contributed by atoms with E-state index in [-0.39, 0.29) is 0 Å². The Bertz CT molecular complexity index is 978. The summed E-state index contributed by atoms with van der Waals surface area (Å²) in [4.78, 5) is 10.1. The number of hydrogen-bond donors (Lipinski definition) is 1. The van der Waals surface area contributed by atoms with Crippen molar-refractivity contribution in [2.45, 2.75) is 18.6 Å². The Balaban J connectivity index is 2.76. The molecule has 2 aromatic rings. The van der Waals surface area contributed by atoms with Crippen molar-refractivity contribution in [3.63, 3.8) is 0 Å². The van der Waals surface area contributed by atoms with Crippen molar-refractivity contribution in [1.82, 2.24) is 5.16 Å². The summed E-state index contributed by atoms with van der Waals surface area (Å²) in [5, 5.41) is 13.6. The molecule has 0 radical (unpaired) electrons. The summed E-state index contributed by atoms with van der Waals surface area (Å²) in [6.45, 7) is -6.87. The first-order chi connectivity index (χ1) is 12.7. The molecule has 0 atom stereocenters. The summed E-state index contributed by atoms with van der Waals surface area (Å²) < 4.78 is 81.0. The van der Waals surface area contributed by atoms with Gasteiger partial charge in [-0.25, -0.2) is 17.5 Å².